The van der Waals surface area contributed by atoms with Crippen molar-refractivity contribution in [3.8, 4) is 11.5 Å². The molecule has 2 rings (SSSR count). The lowest BCUT2D eigenvalue weighted by Gasteiger charge is -2.00. The third-order valence-electron chi connectivity index (χ3n) is 1.72. The maximum Gasteiger partial charge on any atom is 0.128 e. The Labute approximate surface area is 68.9 Å². The van der Waals surface area contributed by atoms with Gasteiger partial charge in [-0.25, -0.2) is 0 Å². The van der Waals surface area contributed by atoms with E-state index >= 15 is 0 Å². The molecule has 0 atom stereocenters. The molecule has 0 saturated heterocycles. The molecule has 2 aromatic rings. The molecule has 0 aliphatic carbocycles. The van der Waals surface area contributed by atoms with Crippen molar-refractivity contribution < 1.29 is 10.2 Å². The number of aromatic hydroxyl groups is 2. The highest BCUT2D eigenvalue weighted by atomic mass is 16.3. The fourth-order valence-corrected chi connectivity index (χ4v) is 1.16. The third kappa shape index (κ3) is 0.955. The second-order valence-corrected chi connectivity index (χ2v) is 2.56. The molecule has 0 spiro atoms. The molecule has 0 fully saturated rings. The number of fused-ring (bicyclic) bond motifs is 1. The third-order valence-corrected chi connectivity index (χ3v) is 1.72. The normalized spacial score (nSPS) is 10.3. The van der Waals surface area contributed by atoms with Gasteiger partial charge in [0.1, 0.15) is 11.5 Å². The quantitative estimate of drug-likeness (QED) is 0.617. The van der Waals surface area contributed by atoms with Gasteiger partial charge in [0.15, 0.2) is 0 Å². The summed E-state index contributed by atoms with van der Waals surface area (Å²) in [7, 11) is 0. The van der Waals surface area contributed by atoms with E-state index in [1.165, 1.54) is 6.07 Å². The zero-order chi connectivity index (χ0) is 8.55. The van der Waals surface area contributed by atoms with Crippen LogP contribution in [0.5, 0.6) is 11.5 Å². The molecule has 3 nitrogen and oxygen atoms in total. The first kappa shape index (κ1) is 6.91. The molecule has 0 unspecified atom stereocenters. The predicted molar refractivity (Wildman–Crippen MR) is 45.1 cm³/mol. The van der Waals surface area contributed by atoms with E-state index in [2.05, 4.69) is 4.98 Å². The van der Waals surface area contributed by atoms with E-state index in [0.29, 0.717) is 5.39 Å². The number of phenols is 2. The average Bonchev–Trinajstić information content (AvgIpc) is 2.04. The van der Waals surface area contributed by atoms with Crippen molar-refractivity contribution in [1.82, 2.24) is 4.98 Å². The first-order valence-corrected chi connectivity index (χ1v) is 3.53. The lowest BCUT2D eigenvalue weighted by Crippen LogP contribution is -1.76. The molecule has 3 heteroatoms. The van der Waals surface area contributed by atoms with Crippen LogP contribution in [0.25, 0.3) is 10.8 Å². The fourth-order valence-electron chi connectivity index (χ4n) is 1.16. The molecule has 0 bridgehead atoms. The van der Waals surface area contributed by atoms with Gasteiger partial charge >= 0.3 is 0 Å². The Kier molecular flexibility index (Phi) is 1.37. The Morgan fingerprint density at radius 3 is 2.83 bits per heavy atom. The van der Waals surface area contributed by atoms with Crippen LogP contribution in [0.2, 0.25) is 0 Å². The molecular formula is C9H7NO2. The van der Waals surface area contributed by atoms with E-state index in [4.69, 9.17) is 5.11 Å². The monoisotopic (exact) mass is 161 g/mol. The van der Waals surface area contributed by atoms with E-state index in [1.807, 2.05) is 0 Å². The van der Waals surface area contributed by atoms with Gasteiger partial charge in [0, 0.05) is 23.8 Å². The zero-order valence-corrected chi connectivity index (χ0v) is 6.23. The number of phenolic OH excluding ortho intramolecular Hbond substituents is 2. The van der Waals surface area contributed by atoms with Gasteiger partial charge in [0.05, 0.1) is 0 Å². The average molecular weight is 161 g/mol. The first-order chi connectivity index (χ1) is 5.77. The molecule has 1 heterocycles. The van der Waals surface area contributed by atoms with E-state index in [-0.39, 0.29) is 11.5 Å². The van der Waals surface area contributed by atoms with Crippen molar-refractivity contribution in [2.75, 3.05) is 0 Å². The summed E-state index contributed by atoms with van der Waals surface area (Å²) in [6.07, 6.45) is 3.17. The number of pyridine rings is 1. The molecule has 1 aromatic heterocycles. The second kappa shape index (κ2) is 2.37. The molecule has 12 heavy (non-hydrogen) atoms. The fraction of sp³-hybridized carbons (Fsp3) is 0. The largest absolute Gasteiger partial charge is 0.508 e. The Bertz CT molecular complexity index is 426. The van der Waals surface area contributed by atoms with Crippen LogP contribution in [-0.2, 0) is 0 Å². The second-order valence-electron chi connectivity index (χ2n) is 2.56. The van der Waals surface area contributed by atoms with Crippen molar-refractivity contribution >= 4 is 10.8 Å². The summed E-state index contributed by atoms with van der Waals surface area (Å²) in [6.45, 7) is 0. The van der Waals surface area contributed by atoms with Gasteiger partial charge in [-0.1, -0.05) is 0 Å². The van der Waals surface area contributed by atoms with Crippen LogP contribution < -0.4 is 0 Å². The highest BCUT2D eigenvalue weighted by Crippen LogP contribution is 2.28. The van der Waals surface area contributed by atoms with Crippen molar-refractivity contribution in [3.63, 3.8) is 0 Å². The first-order valence-electron chi connectivity index (χ1n) is 3.53. The minimum absolute atomic E-state index is 0.0538. The molecule has 0 aliphatic heterocycles. The topological polar surface area (TPSA) is 53.4 Å². The van der Waals surface area contributed by atoms with Crippen LogP contribution in [0.4, 0.5) is 0 Å². The molecule has 0 aliphatic rings. The SMILES string of the molecule is Oc1cc(O)c2cnccc2c1. The van der Waals surface area contributed by atoms with Crippen LogP contribution in [0.15, 0.2) is 30.6 Å². The van der Waals surface area contributed by atoms with Crippen LogP contribution in [-0.4, -0.2) is 15.2 Å². The highest BCUT2D eigenvalue weighted by molar-refractivity contribution is 5.88. The highest BCUT2D eigenvalue weighted by Gasteiger charge is 2.00. The number of benzene rings is 1. The summed E-state index contributed by atoms with van der Waals surface area (Å²) in [4.78, 5) is 3.86. The van der Waals surface area contributed by atoms with E-state index < -0.39 is 0 Å². The van der Waals surface area contributed by atoms with Crippen molar-refractivity contribution in [2.24, 2.45) is 0 Å². The van der Waals surface area contributed by atoms with Crippen molar-refractivity contribution in [3.05, 3.63) is 30.6 Å². The van der Waals surface area contributed by atoms with Gasteiger partial charge in [-0.3, -0.25) is 4.98 Å². The van der Waals surface area contributed by atoms with Crippen molar-refractivity contribution in [1.29, 1.82) is 0 Å². The van der Waals surface area contributed by atoms with Crippen LogP contribution in [0, 0.1) is 0 Å². The van der Waals surface area contributed by atoms with Gasteiger partial charge in [-0.15, -0.1) is 0 Å². The summed E-state index contributed by atoms with van der Waals surface area (Å²) >= 11 is 0. The maximum atomic E-state index is 9.35. The standard InChI is InChI=1S/C9H7NO2/c11-7-3-6-1-2-10-5-8(6)9(12)4-7/h1-5,11-12H. The lowest BCUT2D eigenvalue weighted by atomic mass is 10.1. The van der Waals surface area contributed by atoms with Gasteiger partial charge in [-0.2, -0.15) is 0 Å². The number of hydrogen-bond donors (Lipinski definition) is 2. The molecule has 2 N–H and O–H groups in total. The van der Waals surface area contributed by atoms with E-state index in [9.17, 15) is 5.11 Å². The van der Waals surface area contributed by atoms with Gasteiger partial charge in [0.2, 0.25) is 0 Å². The molecule has 1 aromatic carbocycles. The number of rotatable bonds is 0. The number of nitrogens with zero attached hydrogens (tertiary/aromatic N) is 1. The van der Waals surface area contributed by atoms with Crippen LogP contribution in [0.3, 0.4) is 0 Å². The van der Waals surface area contributed by atoms with E-state index in [0.717, 1.165) is 5.39 Å². The van der Waals surface area contributed by atoms with E-state index in [1.54, 1.807) is 24.5 Å². The Morgan fingerprint density at radius 1 is 1.17 bits per heavy atom. The molecular weight excluding hydrogens is 154 g/mol. The van der Waals surface area contributed by atoms with Gasteiger partial charge in [0.25, 0.3) is 0 Å². The summed E-state index contributed by atoms with van der Waals surface area (Å²) in [5, 5.41) is 19.9. The van der Waals surface area contributed by atoms with Gasteiger partial charge in [-0.05, 0) is 17.5 Å². The smallest absolute Gasteiger partial charge is 0.128 e. The number of hydrogen-bond acceptors (Lipinski definition) is 3. The minimum atomic E-state index is 0.0538. The Balaban J connectivity index is 2.89. The molecule has 60 valence electrons. The predicted octanol–water partition coefficient (Wildman–Crippen LogP) is 1.65. The molecule has 0 amide bonds. The summed E-state index contributed by atoms with van der Waals surface area (Å²) in [5.41, 5.74) is 0. The summed E-state index contributed by atoms with van der Waals surface area (Å²) < 4.78 is 0. The molecule has 0 saturated carbocycles. The van der Waals surface area contributed by atoms with Crippen LogP contribution in [0.1, 0.15) is 0 Å². The maximum absolute atomic E-state index is 9.35. The minimum Gasteiger partial charge on any atom is -0.508 e. The number of aromatic nitrogens is 1. The Hall–Kier alpha value is -1.77. The Morgan fingerprint density at radius 2 is 2.00 bits per heavy atom. The summed E-state index contributed by atoms with van der Waals surface area (Å²) in [6, 6.07) is 4.61. The molecule has 0 radical (unpaired) electrons. The van der Waals surface area contributed by atoms with Crippen LogP contribution >= 0.6 is 0 Å². The summed E-state index contributed by atoms with van der Waals surface area (Å²) in [5.74, 6) is 0.115. The zero-order valence-electron chi connectivity index (χ0n) is 6.23. The lowest BCUT2D eigenvalue weighted by molar-refractivity contribution is 0.455. The van der Waals surface area contributed by atoms with Crippen molar-refractivity contribution in [2.45, 2.75) is 0 Å². The van der Waals surface area contributed by atoms with Gasteiger partial charge < -0.3 is 10.2 Å².